The summed E-state index contributed by atoms with van der Waals surface area (Å²) in [6.45, 7) is -0.384. The van der Waals surface area contributed by atoms with Crippen molar-refractivity contribution in [3.63, 3.8) is 0 Å². The Morgan fingerprint density at radius 3 is 1.67 bits per heavy atom. The third kappa shape index (κ3) is 2.70. The zero-order valence-electron chi connectivity index (χ0n) is 8.61. The van der Waals surface area contributed by atoms with Crippen LogP contribution in [-0.2, 0) is 10.0 Å². The predicted octanol–water partition coefficient (Wildman–Crippen LogP) is 1.08. The van der Waals surface area contributed by atoms with Crippen LogP contribution in [0.15, 0.2) is 0 Å². The summed E-state index contributed by atoms with van der Waals surface area (Å²) in [5.74, 6) is -12.1. The molecule has 0 unspecified atom stereocenters. The molecule has 1 aromatic carbocycles. The Hall–Kier alpha value is -1.42. The van der Waals surface area contributed by atoms with E-state index in [1.54, 1.807) is 0 Å². The van der Waals surface area contributed by atoms with Crippen molar-refractivity contribution in [3.8, 4) is 0 Å². The molecule has 0 atom stereocenters. The number of benzene rings is 1. The molecule has 0 amide bonds. The van der Waals surface area contributed by atoms with Gasteiger partial charge in [-0.2, -0.15) is 0 Å². The molecule has 0 aliphatic carbocycles. The lowest BCUT2D eigenvalue weighted by Crippen LogP contribution is -2.24. The summed E-state index contributed by atoms with van der Waals surface area (Å²) in [6, 6.07) is 0. The van der Waals surface area contributed by atoms with E-state index in [4.69, 9.17) is 5.73 Å². The van der Waals surface area contributed by atoms with E-state index >= 15 is 0 Å². The van der Waals surface area contributed by atoms with Crippen molar-refractivity contribution in [2.24, 2.45) is 5.73 Å². The van der Waals surface area contributed by atoms with E-state index in [0.717, 1.165) is 0 Å². The molecule has 0 spiro atoms. The Morgan fingerprint density at radius 2 is 1.28 bits per heavy atom. The molecule has 0 saturated heterocycles. The van der Waals surface area contributed by atoms with Gasteiger partial charge >= 0.3 is 0 Å². The van der Waals surface area contributed by atoms with Gasteiger partial charge in [0, 0.05) is 6.54 Å². The lowest BCUT2D eigenvalue weighted by molar-refractivity contribution is 0.382. The number of sulfonamides is 1. The monoisotopic (exact) mass is 290 g/mol. The number of nitrogens with one attached hydrogen (secondary N) is 1. The van der Waals surface area contributed by atoms with Gasteiger partial charge in [-0.15, -0.1) is 0 Å². The van der Waals surface area contributed by atoms with Crippen molar-refractivity contribution in [1.29, 1.82) is 0 Å². The fourth-order valence-corrected chi connectivity index (χ4v) is 1.96. The third-order valence-corrected chi connectivity index (χ3v) is 3.14. The number of nitrogens with two attached hydrogens (primary N) is 1. The second kappa shape index (κ2) is 5.06. The average molecular weight is 290 g/mol. The molecule has 1 rings (SSSR count). The molecule has 0 bridgehead atoms. The SMILES string of the molecule is NCCS(=O)(=O)Nc1c(F)c(F)c(F)c(F)c1F. The zero-order valence-corrected chi connectivity index (χ0v) is 9.42. The first kappa shape index (κ1) is 14.6. The smallest absolute Gasteiger partial charge is 0.234 e. The Bertz CT molecular complexity index is 546. The Balaban J connectivity index is 3.35. The number of anilines is 1. The molecular formula is C8H7F5N2O2S. The van der Waals surface area contributed by atoms with Crippen LogP contribution in [0.2, 0.25) is 0 Å². The maximum absolute atomic E-state index is 13.1. The first-order valence-electron chi connectivity index (χ1n) is 4.43. The summed E-state index contributed by atoms with van der Waals surface area (Å²) < 4.78 is 87.9. The molecule has 0 aromatic heterocycles. The fraction of sp³-hybridized carbons (Fsp3) is 0.250. The van der Waals surface area contributed by atoms with Crippen LogP contribution in [-0.4, -0.2) is 20.7 Å². The van der Waals surface area contributed by atoms with Gasteiger partial charge in [0.15, 0.2) is 23.3 Å². The summed E-state index contributed by atoms with van der Waals surface area (Å²) in [5, 5.41) is 0. The van der Waals surface area contributed by atoms with Crippen LogP contribution in [0.3, 0.4) is 0 Å². The normalized spacial score (nSPS) is 11.7. The van der Waals surface area contributed by atoms with E-state index in [9.17, 15) is 30.4 Å². The molecule has 0 heterocycles. The molecule has 3 N–H and O–H groups in total. The molecular weight excluding hydrogens is 283 g/mol. The molecule has 0 aliphatic rings. The van der Waals surface area contributed by atoms with Gasteiger partial charge in [-0.25, -0.2) is 30.4 Å². The molecule has 0 radical (unpaired) electrons. The van der Waals surface area contributed by atoms with Crippen LogP contribution in [0, 0.1) is 29.1 Å². The quantitative estimate of drug-likeness (QED) is 0.495. The van der Waals surface area contributed by atoms with E-state index in [1.165, 1.54) is 4.72 Å². The van der Waals surface area contributed by atoms with E-state index in [0.29, 0.717) is 0 Å². The van der Waals surface area contributed by atoms with E-state index in [-0.39, 0.29) is 6.54 Å². The van der Waals surface area contributed by atoms with Crippen LogP contribution >= 0.6 is 0 Å². The van der Waals surface area contributed by atoms with Gasteiger partial charge in [0.1, 0.15) is 5.69 Å². The van der Waals surface area contributed by atoms with Crippen LogP contribution in [0.5, 0.6) is 0 Å². The Labute approximate surface area is 98.6 Å². The summed E-state index contributed by atoms with van der Waals surface area (Å²) in [7, 11) is -4.29. The number of rotatable bonds is 4. The van der Waals surface area contributed by atoms with Gasteiger partial charge in [0.2, 0.25) is 15.8 Å². The van der Waals surface area contributed by atoms with Crippen LogP contribution in [0.1, 0.15) is 0 Å². The second-order valence-electron chi connectivity index (χ2n) is 3.15. The summed E-state index contributed by atoms with van der Waals surface area (Å²) >= 11 is 0. The molecule has 0 fully saturated rings. The number of halogens is 5. The lowest BCUT2D eigenvalue weighted by Gasteiger charge is -2.10. The average Bonchev–Trinajstić information content (AvgIpc) is 2.30. The molecule has 18 heavy (non-hydrogen) atoms. The van der Waals surface area contributed by atoms with Crippen LogP contribution in [0.4, 0.5) is 27.6 Å². The second-order valence-corrected chi connectivity index (χ2v) is 5.00. The van der Waals surface area contributed by atoms with E-state index in [2.05, 4.69) is 0 Å². The Morgan fingerprint density at radius 1 is 0.889 bits per heavy atom. The van der Waals surface area contributed by atoms with Gasteiger partial charge in [0.05, 0.1) is 5.75 Å². The van der Waals surface area contributed by atoms with Gasteiger partial charge < -0.3 is 5.73 Å². The molecule has 0 aliphatic heterocycles. The van der Waals surface area contributed by atoms with Crippen molar-refractivity contribution < 1.29 is 30.4 Å². The minimum atomic E-state index is -4.29. The van der Waals surface area contributed by atoms with Gasteiger partial charge in [0.25, 0.3) is 0 Å². The molecule has 1 aromatic rings. The molecule has 10 heteroatoms. The van der Waals surface area contributed by atoms with Gasteiger partial charge in [-0.1, -0.05) is 0 Å². The van der Waals surface area contributed by atoms with E-state index < -0.39 is 50.5 Å². The lowest BCUT2D eigenvalue weighted by atomic mass is 10.2. The van der Waals surface area contributed by atoms with Crippen LogP contribution < -0.4 is 10.5 Å². The Kier molecular flexibility index (Phi) is 4.12. The molecule has 0 saturated carbocycles. The maximum atomic E-state index is 13.1. The van der Waals surface area contributed by atoms with E-state index in [1.807, 2.05) is 0 Å². The third-order valence-electron chi connectivity index (χ3n) is 1.85. The maximum Gasteiger partial charge on any atom is 0.234 e. The zero-order chi connectivity index (χ0) is 14.1. The summed E-state index contributed by atoms with van der Waals surface area (Å²) in [4.78, 5) is 0. The molecule has 102 valence electrons. The highest BCUT2D eigenvalue weighted by atomic mass is 32.2. The predicted molar refractivity (Wildman–Crippen MR) is 52.7 cm³/mol. The first-order valence-corrected chi connectivity index (χ1v) is 6.08. The minimum absolute atomic E-state index is 0.384. The first-order chi connectivity index (χ1) is 8.21. The van der Waals surface area contributed by atoms with Gasteiger partial charge in [-0.3, -0.25) is 4.72 Å². The number of hydrogen-bond acceptors (Lipinski definition) is 3. The number of hydrogen-bond donors (Lipinski definition) is 2. The largest absolute Gasteiger partial charge is 0.329 e. The minimum Gasteiger partial charge on any atom is -0.329 e. The summed E-state index contributed by atoms with van der Waals surface area (Å²) in [6.07, 6.45) is 0. The topological polar surface area (TPSA) is 72.2 Å². The highest BCUT2D eigenvalue weighted by Gasteiger charge is 2.27. The molecule has 4 nitrogen and oxygen atoms in total. The van der Waals surface area contributed by atoms with Crippen molar-refractivity contribution in [2.75, 3.05) is 17.0 Å². The van der Waals surface area contributed by atoms with Crippen molar-refractivity contribution in [1.82, 2.24) is 0 Å². The highest BCUT2D eigenvalue weighted by molar-refractivity contribution is 7.92. The highest BCUT2D eigenvalue weighted by Crippen LogP contribution is 2.27. The van der Waals surface area contributed by atoms with Crippen molar-refractivity contribution in [2.45, 2.75) is 0 Å². The van der Waals surface area contributed by atoms with Crippen molar-refractivity contribution >= 4 is 15.7 Å². The standard InChI is InChI=1S/C8H7F5N2O2S/c9-3-4(10)6(12)8(7(13)5(3)11)15-18(16,17)2-1-14/h15H,1-2,14H2. The van der Waals surface area contributed by atoms with Gasteiger partial charge in [-0.05, 0) is 0 Å². The summed E-state index contributed by atoms with van der Waals surface area (Å²) in [5.41, 5.74) is 3.29. The fourth-order valence-electron chi connectivity index (χ4n) is 1.06. The van der Waals surface area contributed by atoms with Crippen molar-refractivity contribution in [3.05, 3.63) is 29.1 Å². The van der Waals surface area contributed by atoms with Crippen LogP contribution in [0.25, 0.3) is 0 Å².